The van der Waals surface area contributed by atoms with Gasteiger partial charge in [-0.15, -0.1) is 5.10 Å². The van der Waals surface area contributed by atoms with Crippen LogP contribution in [-0.2, 0) is 26.7 Å². The van der Waals surface area contributed by atoms with E-state index in [-0.39, 0.29) is 24.7 Å². The van der Waals surface area contributed by atoms with Gasteiger partial charge in [-0.2, -0.15) is 26.3 Å². The van der Waals surface area contributed by atoms with Gasteiger partial charge in [-0.25, -0.2) is 20.5 Å². The third kappa shape index (κ3) is 6.47. The lowest BCUT2D eigenvalue weighted by Crippen LogP contribution is -2.55. The van der Waals surface area contributed by atoms with Crippen molar-refractivity contribution in [1.82, 2.24) is 24.7 Å². The first-order valence-corrected chi connectivity index (χ1v) is 10.5. The summed E-state index contributed by atoms with van der Waals surface area (Å²) in [4.78, 5) is 30.2. The monoisotopic (exact) mass is 520 g/mol. The molecule has 2 N–H and O–H groups in total. The molecule has 36 heavy (non-hydrogen) atoms. The Morgan fingerprint density at radius 3 is 2.17 bits per heavy atom. The van der Waals surface area contributed by atoms with Crippen LogP contribution in [0.5, 0.6) is 0 Å². The molecule has 1 aliphatic rings. The first kappa shape index (κ1) is 27.3. The van der Waals surface area contributed by atoms with E-state index in [2.05, 4.69) is 10.1 Å². The van der Waals surface area contributed by atoms with Gasteiger partial charge in [0, 0.05) is 29.9 Å². The van der Waals surface area contributed by atoms with Gasteiger partial charge in [0.25, 0.3) is 11.8 Å². The predicted molar refractivity (Wildman–Crippen MR) is 113 cm³/mol. The van der Waals surface area contributed by atoms with Crippen LogP contribution in [0.1, 0.15) is 25.0 Å². The average Bonchev–Trinajstić information content (AvgIpc) is 3.27. The minimum atomic E-state index is -5.03. The highest BCUT2D eigenvalue weighted by atomic mass is 19.4. The van der Waals surface area contributed by atoms with Crippen molar-refractivity contribution in [2.75, 3.05) is 19.8 Å². The highest BCUT2D eigenvalue weighted by Gasteiger charge is 2.37. The van der Waals surface area contributed by atoms with E-state index in [9.17, 15) is 35.9 Å². The van der Waals surface area contributed by atoms with Gasteiger partial charge in [-0.05, 0) is 32.0 Å². The molecule has 0 bridgehead atoms. The smallest absolute Gasteiger partial charge is 0.378 e. The van der Waals surface area contributed by atoms with Gasteiger partial charge in [0.1, 0.15) is 6.33 Å². The topological polar surface area (TPSA) is 107 Å². The second-order valence-corrected chi connectivity index (χ2v) is 8.17. The number of hydrogen-bond acceptors (Lipinski definition) is 7. The molecule has 2 heterocycles. The van der Waals surface area contributed by atoms with Crippen LogP contribution in [0.15, 0.2) is 30.6 Å². The van der Waals surface area contributed by atoms with Crippen molar-refractivity contribution in [2.45, 2.75) is 38.3 Å². The number of nitrogens with zero attached hydrogens (tertiary/aromatic N) is 5. The molecule has 3 rings (SSSR count). The van der Waals surface area contributed by atoms with Crippen LogP contribution in [0.2, 0.25) is 0 Å². The van der Waals surface area contributed by atoms with Gasteiger partial charge in [0.2, 0.25) is 0 Å². The van der Waals surface area contributed by atoms with Crippen molar-refractivity contribution in [1.29, 1.82) is 0 Å². The van der Waals surface area contributed by atoms with Crippen LogP contribution in [0, 0.1) is 0 Å². The Bertz CT molecular complexity index is 1100. The maximum atomic E-state index is 13.1. The average molecular weight is 520 g/mol. The third-order valence-corrected chi connectivity index (χ3v) is 5.40. The van der Waals surface area contributed by atoms with Crippen molar-refractivity contribution in [2.24, 2.45) is 5.84 Å². The first-order valence-electron chi connectivity index (χ1n) is 10.5. The zero-order valence-corrected chi connectivity index (χ0v) is 19.0. The second kappa shape index (κ2) is 10.4. The Kier molecular flexibility index (Phi) is 7.85. The summed E-state index contributed by atoms with van der Waals surface area (Å²) in [5.41, 5.74) is -3.56. The molecule has 1 fully saturated rings. The van der Waals surface area contributed by atoms with Gasteiger partial charge >= 0.3 is 12.4 Å². The van der Waals surface area contributed by atoms with Crippen molar-refractivity contribution < 1.29 is 40.7 Å². The number of benzene rings is 1. The SMILES string of the molecule is CC1COCC(C)N1CC(=O)N(N)C(=O)/C=C\n1cnc(-c2cc(C(F)(F)F)cc(C(F)(F)F)c2)n1. The molecule has 2 atom stereocenters. The number of morpholine rings is 1. The maximum Gasteiger partial charge on any atom is 0.416 e. The fourth-order valence-electron chi connectivity index (χ4n) is 3.49. The minimum absolute atomic E-state index is 0.00960. The van der Waals surface area contributed by atoms with E-state index in [1.165, 1.54) is 0 Å². The lowest BCUT2D eigenvalue weighted by molar-refractivity contribution is -0.146. The van der Waals surface area contributed by atoms with Crippen molar-refractivity contribution in [3.63, 3.8) is 0 Å². The molecule has 1 aliphatic heterocycles. The Balaban J connectivity index is 1.74. The van der Waals surface area contributed by atoms with Crippen LogP contribution in [0.4, 0.5) is 26.3 Å². The largest absolute Gasteiger partial charge is 0.416 e. The number of amides is 2. The number of imide groups is 1. The van der Waals surface area contributed by atoms with E-state index in [1.54, 1.807) is 0 Å². The van der Waals surface area contributed by atoms with Crippen LogP contribution >= 0.6 is 0 Å². The number of hydrazine groups is 1. The van der Waals surface area contributed by atoms with E-state index in [0.29, 0.717) is 30.4 Å². The van der Waals surface area contributed by atoms with Crippen LogP contribution in [-0.4, -0.2) is 68.3 Å². The lowest BCUT2D eigenvalue weighted by atomic mass is 10.0. The van der Waals surface area contributed by atoms with Gasteiger partial charge < -0.3 is 4.74 Å². The Morgan fingerprint density at radius 2 is 1.64 bits per heavy atom. The van der Waals surface area contributed by atoms with E-state index >= 15 is 0 Å². The second-order valence-electron chi connectivity index (χ2n) is 8.17. The number of nitrogens with two attached hydrogens (primary N) is 1. The normalized spacial score (nSPS) is 19.6. The molecule has 1 saturated heterocycles. The summed E-state index contributed by atoms with van der Waals surface area (Å²) in [5.74, 6) is 3.55. The molecule has 0 radical (unpaired) electrons. The van der Waals surface area contributed by atoms with Crippen LogP contribution in [0.3, 0.4) is 0 Å². The molecule has 9 nitrogen and oxygen atoms in total. The number of halogens is 6. The number of hydrogen-bond donors (Lipinski definition) is 1. The molecule has 1 aromatic heterocycles. The number of rotatable bonds is 5. The molecule has 1 aromatic carbocycles. The molecule has 15 heteroatoms. The Labute approximate surface area is 201 Å². The fraction of sp³-hybridized carbons (Fsp3) is 0.429. The van der Waals surface area contributed by atoms with Crippen LogP contribution < -0.4 is 5.84 Å². The molecular formula is C21H22F6N6O3. The number of carbonyl (C=O) groups excluding carboxylic acids is 2. The lowest BCUT2D eigenvalue weighted by Gasteiger charge is -2.38. The standard InChI is InChI=1S/C21H22F6N6O3/c1-12-9-36-10-13(2)32(12)8-18(35)33(28)17(34)3-4-31-11-29-19(30-31)14-5-15(20(22,23)24)7-16(6-14)21(25,26)27/h3-7,11-13H,8-10,28H2,1-2H3/b4-3-. The Morgan fingerprint density at radius 1 is 1.08 bits per heavy atom. The van der Waals surface area contributed by atoms with E-state index < -0.39 is 46.7 Å². The fourth-order valence-corrected chi connectivity index (χ4v) is 3.49. The van der Waals surface area contributed by atoms with Crippen molar-refractivity contribution in [3.05, 3.63) is 41.7 Å². The summed E-state index contributed by atoms with van der Waals surface area (Å²) in [6.07, 6.45) is -7.23. The van der Waals surface area contributed by atoms with Gasteiger partial charge in [0.05, 0.1) is 30.9 Å². The van der Waals surface area contributed by atoms with Crippen molar-refractivity contribution in [3.8, 4) is 11.4 Å². The predicted octanol–water partition coefficient (Wildman–Crippen LogP) is 2.79. The summed E-state index contributed by atoms with van der Waals surface area (Å²) < 4.78 is 84.8. The van der Waals surface area contributed by atoms with Crippen LogP contribution in [0.25, 0.3) is 17.6 Å². The van der Waals surface area contributed by atoms with Gasteiger partial charge in [-0.1, -0.05) is 0 Å². The number of carbonyl (C=O) groups is 2. The molecule has 0 aliphatic carbocycles. The number of ether oxygens (including phenoxy) is 1. The zero-order valence-electron chi connectivity index (χ0n) is 19.0. The highest BCUT2D eigenvalue weighted by Crippen LogP contribution is 2.38. The molecule has 2 aromatic rings. The molecule has 2 unspecified atom stereocenters. The summed E-state index contributed by atoms with van der Waals surface area (Å²) in [5, 5.41) is 4.18. The van der Waals surface area contributed by atoms with E-state index in [0.717, 1.165) is 23.3 Å². The summed E-state index contributed by atoms with van der Waals surface area (Å²) >= 11 is 0. The molecule has 2 amide bonds. The van der Waals surface area contributed by atoms with Gasteiger partial charge in [0.15, 0.2) is 5.82 Å². The molecule has 196 valence electrons. The summed E-state index contributed by atoms with van der Waals surface area (Å²) in [7, 11) is 0. The summed E-state index contributed by atoms with van der Waals surface area (Å²) in [6, 6.07) is 0.817. The summed E-state index contributed by atoms with van der Waals surface area (Å²) in [6.45, 7) is 4.42. The highest BCUT2D eigenvalue weighted by molar-refractivity contribution is 6.02. The van der Waals surface area contributed by atoms with Gasteiger partial charge in [-0.3, -0.25) is 14.5 Å². The Hall–Kier alpha value is -3.30. The molecular weight excluding hydrogens is 498 g/mol. The zero-order chi connectivity index (χ0) is 26.8. The quantitative estimate of drug-likeness (QED) is 0.213. The molecule has 0 spiro atoms. The minimum Gasteiger partial charge on any atom is -0.378 e. The molecule has 0 saturated carbocycles. The van der Waals surface area contributed by atoms with E-state index in [1.807, 2.05) is 18.7 Å². The van der Waals surface area contributed by atoms with Crippen molar-refractivity contribution >= 4 is 18.0 Å². The number of aromatic nitrogens is 3. The third-order valence-electron chi connectivity index (χ3n) is 5.40. The maximum absolute atomic E-state index is 13.1. The van der Waals surface area contributed by atoms with E-state index in [4.69, 9.17) is 10.6 Å². The number of alkyl halides is 6. The first-order chi connectivity index (χ1) is 16.7.